The molecule has 0 aliphatic heterocycles. The summed E-state index contributed by atoms with van der Waals surface area (Å²) in [6, 6.07) is 81.3. The van der Waals surface area contributed by atoms with E-state index in [1.165, 1.54) is 66.8 Å². The Labute approximate surface area is 490 Å². The second-order valence-corrected chi connectivity index (χ2v) is 22.9. The summed E-state index contributed by atoms with van der Waals surface area (Å²) in [4.78, 5) is 15.9. The molecule has 11 aromatic carbocycles. The van der Waals surface area contributed by atoms with Crippen molar-refractivity contribution in [1.29, 1.82) is 5.26 Å². The SMILES string of the molecule is Cc1ccc(-c2ccc3c(c2)c2cc(-c4ccc(C)cc4C)ccc2n3-c2cc(-c3nc(-c4ccccc4)nc(-c4ccccc4)n3)cc(-n3c4ccc(-c5ccc(C)cc5C)cc4c4cc(-c5ccc(C)cc5C)ccc43)c2C#N)c(C)c1. The summed E-state index contributed by atoms with van der Waals surface area (Å²) in [7, 11) is 0. The molecule has 0 saturated carbocycles. The van der Waals surface area contributed by atoms with Gasteiger partial charge in [0.05, 0.1) is 33.4 Å². The van der Waals surface area contributed by atoms with Crippen LogP contribution in [-0.2, 0) is 0 Å². The van der Waals surface area contributed by atoms with Gasteiger partial charge in [0.25, 0.3) is 0 Å². The lowest BCUT2D eigenvalue weighted by molar-refractivity contribution is 1.06. The quantitative estimate of drug-likeness (QED) is 0.144. The minimum absolute atomic E-state index is 0.486. The van der Waals surface area contributed by atoms with E-state index in [0.717, 1.165) is 82.6 Å². The fourth-order valence-corrected chi connectivity index (χ4v) is 12.9. The first-order chi connectivity index (χ1) is 40.8. The van der Waals surface area contributed by atoms with E-state index in [4.69, 9.17) is 15.0 Å². The molecule has 0 fully saturated rings. The molecule has 0 saturated heterocycles. The van der Waals surface area contributed by atoms with Gasteiger partial charge in [-0.25, -0.2) is 15.0 Å². The normalized spacial score (nSPS) is 11.6. The van der Waals surface area contributed by atoms with Crippen molar-refractivity contribution in [2.24, 2.45) is 0 Å². The summed E-state index contributed by atoms with van der Waals surface area (Å²) >= 11 is 0. The second-order valence-electron chi connectivity index (χ2n) is 22.9. The van der Waals surface area contributed by atoms with E-state index >= 15 is 0 Å². The summed E-state index contributed by atoms with van der Waals surface area (Å²) in [6.45, 7) is 17.3. The van der Waals surface area contributed by atoms with E-state index in [0.29, 0.717) is 34.4 Å². The third kappa shape index (κ3) is 8.93. The van der Waals surface area contributed by atoms with Crippen molar-refractivity contribution >= 4 is 43.6 Å². The molecule has 3 aromatic heterocycles. The molecule has 84 heavy (non-hydrogen) atoms. The largest absolute Gasteiger partial charge is 0.308 e. The summed E-state index contributed by atoms with van der Waals surface area (Å²) in [5.41, 5.74) is 27.3. The van der Waals surface area contributed by atoms with Crippen molar-refractivity contribution in [2.75, 3.05) is 0 Å². The number of hydrogen-bond acceptors (Lipinski definition) is 4. The zero-order chi connectivity index (χ0) is 57.5. The number of aryl methyl sites for hydroxylation is 8. The van der Waals surface area contributed by atoms with Crippen LogP contribution in [0.15, 0.2) is 218 Å². The highest BCUT2D eigenvalue weighted by atomic mass is 15.1. The Hall–Kier alpha value is -10.5. The molecule has 0 bridgehead atoms. The molecule has 402 valence electrons. The van der Waals surface area contributed by atoms with Gasteiger partial charge in [0.1, 0.15) is 11.6 Å². The Morgan fingerprint density at radius 2 is 0.571 bits per heavy atom. The molecule has 0 radical (unpaired) electrons. The number of benzene rings is 11. The maximum Gasteiger partial charge on any atom is 0.164 e. The third-order valence-corrected chi connectivity index (χ3v) is 16.9. The number of rotatable bonds is 9. The maximum absolute atomic E-state index is 12.2. The Kier molecular flexibility index (Phi) is 12.6. The highest BCUT2D eigenvalue weighted by Gasteiger charge is 2.26. The van der Waals surface area contributed by atoms with Gasteiger partial charge in [0.15, 0.2) is 17.5 Å². The van der Waals surface area contributed by atoms with Gasteiger partial charge in [0.2, 0.25) is 0 Å². The van der Waals surface area contributed by atoms with Crippen LogP contribution < -0.4 is 0 Å². The topological polar surface area (TPSA) is 72.3 Å². The fraction of sp³-hybridized carbons (Fsp3) is 0.103. The molecule has 6 heteroatoms. The fourth-order valence-electron chi connectivity index (χ4n) is 12.9. The first-order valence-electron chi connectivity index (χ1n) is 28.8. The van der Waals surface area contributed by atoms with E-state index < -0.39 is 0 Å². The predicted molar refractivity (Wildman–Crippen MR) is 349 cm³/mol. The van der Waals surface area contributed by atoms with Crippen molar-refractivity contribution in [1.82, 2.24) is 24.1 Å². The molecule has 14 aromatic rings. The molecule has 0 amide bonds. The zero-order valence-corrected chi connectivity index (χ0v) is 48.5. The van der Waals surface area contributed by atoms with Crippen LogP contribution in [0.5, 0.6) is 0 Å². The van der Waals surface area contributed by atoms with Crippen molar-refractivity contribution in [3.05, 3.63) is 268 Å². The lowest BCUT2D eigenvalue weighted by atomic mass is 9.95. The van der Waals surface area contributed by atoms with Crippen LogP contribution in [0.4, 0.5) is 0 Å². The summed E-state index contributed by atoms with van der Waals surface area (Å²) in [5.74, 6) is 1.59. The number of nitrogens with zero attached hydrogens (tertiary/aromatic N) is 6. The van der Waals surface area contributed by atoms with Crippen LogP contribution in [0.2, 0.25) is 0 Å². The minimum Gasteiger partial charge on any atom is -0.308 e. The number of fused-ring (bicyclic) bond motifs is 6. The van der Waals surface area contributed by atoms with Gasteiger partial charge in [-0.2, -0.15) is 5.26 Å². The van der Waals surface area contributed by atoms with E-state index in [2.05, 4.69) is 228 Å². The van der Waals surface area contributed by atoms with Crippen LogP contribution in [0.1, 0.15) is 50.1 Å². The monoisotopic (exact) mass is 1080 g/mol. The van der Waals surface area contributed by atoms with Gasteiger partial charge in [0, 0.05) is 38.2 Å². The number of nitriles is 1. The molecular formula is C78H60N6. The van der Waals surface area contributed by atoms with Crippen LogP contribution in [-0.4, -0.2) is 24.1 Å². The minimum atomic E-state index is 0.486. The highest BCUT2D eigenvalue weighted by Crippen LogP contribution is 2.44. The average Bonchev–Trinajstić information content (AvgIpc) is 1.79. The molecule has 6 nitrogen and oxygen atoms in total. The van der Waals surface area contributed by atoms with Crippen molar-refractivity contribution in [3.8, 4) is 96.1 Å². The Morgan fingerprint density at radius 3 is 0.845 bits per heavy atom. The summed E-state index contributed by atoms with van der Waals surface area (Å²) in [6.07, 6.45) is 0. The lowest BCUT2D eigenvalue weighted by Crippen LogP contribution is -2.07. The molecule has 0 spiro atoms. The third-order valence-electron chi connectivity index (χ3n) is 16.9. The van der Waals surface area contributed by atoms with Crippen molar-refractivity contribution < 1.29 is 0 Å². The smallest absolute Gasteiger partial charge is 0.164 e. The molecule has 0 N–H and O–H groups in total. The summed E-state index contributed by atoms with van der Waals surface area (Å²) < 4.78 is 4.60. The first kappa shape index (κ1) is 51.7. The Morgan fingerprint density at radius 1 is 0.286 bits per heavy atom. The van der Waals surface area contributed by atoms with Gasteiger partial charge in [-0.05, 0) is 183 Å². The van der Waals surface area contributed by atoms with Gasteiger partial charge >= 0.3 is 0 Å². The summed E-state index contributed by atoms with van der Waals surface area (Å²) in [5, 5.41) is 16.5. The molecule has 0 atom stereocenters. The lowest BCUT2D eigenvalue weighted by Gasteiger charge is -2.19. The van der Waals surface area contributed by atoms with E-state index in [1.807, 2.05) is 60.7 Å². The van der Waals surface area contributed by atoms with Crippen LogP contribution >= 0.6 is 0 Å². The van der Waals surface area contributed by atoms with Crippen LogP contribution in [0.25, 0.3) is 134 Å². The van der Waals surface area contributed by atoms with E-state index in [9.17, 15) is 5.26 Å². The number of hydrogen-bond donors (Lipinski definition) is 0. The maximum atomic E-state index is 12.2. The van der Waals surface area contributed by atoms with Crippen LogP contribution in [0.3, 0.4) is 0 Å². The molecule has 0 unspecified atom stereocenters. The Balaban J connectivity index is 1.11. The first-order valence-corrected chi connectivity index (χ1v) is 28.8. The molecule has 0 aliphatic rings. The molecule has 14 rings (SSSR count). The highest BCUT2D eigenvalue weighted by molar-refractivity contribution is 6.14. The molecular weight excluding hydrogens is 1020 g/mol. The zero-order valence-electron chi connectivity index (χ0n) is 48.5. The van der Waals surface area contributed by atoms with Gasteiger partial charge in [-0.3, -0.25) is 0 Å². The van der Waals surface area contributed by atoms with Gasteiger partial charge < -0.3 is 9.13 Å². The number of aromatic nitrogens is 5. The van der Waals surface area contributed by atoms with Crippen molar-refractivity contribution in [2.45, 2.75) is 55.4 Å². The van der Waals surface area contributed by atoms with Crippen LogP contribution in [0, 0.1) is 66.7 Å². The van der Waals surface area contributed by atoms with E-state index in [-0.39, 0.29) is 0 Å². The van der Waals surface area contributed by atoms with Gasteiger partial charge in [-0.15, -0.1) is 0 Å². The van der Waals surface area contributed by atoms with Crippen molar-refractivity contribution in [3.63, 3.8) is 0 Å². The molecule has 3 heterocycles. The standard InChI is InChI=1S/C78H60N6/c1-46-19-27-61(50(5)35-46)56-23-31-70-65(39-56)66-40-57(62-28-20-47(2)36-51(62)6)24-32-71(66)83(70)74-43-60(78-81-76(54-15-11-9-12-16-54)80-77(82-78)55-17-13-10-14-18-55)44-75(69(74)45-79)84-72-33-25-58(63-29-21-48(3)37-52(63)7)41-67(72)68-42-59(26-34-73(68)84)64-30-22-49(4)38-53(64)8/h9-44H,1-8H3. The Bertz CT molecular complexity index is 4530. The van der Waals surface area contributed by atoms with E-state index in [1.54, 1.807) is 0 Å². The molecule has 0 aliphatic carbocycles. The van der Waals surface area contributed by atoms with Gasteiger partial charge in [-0.1, -0.05) is 180 Å². The second kappa shape index (κ2) is 20.5. The predicted octanol–water partition coefficient (Wildman–Crippen LogP) is 20.1. The average molecular weight is 1080 g/mol.